The average molecular weight is 391 g/mol. The topological polar surface area (TPSA) is 27.6 Å². The monoisotopic (exact) mass is 391 g/mol. The molecule has 1 N–H and O–H groups in total. The second-order valence-electron chi connectivity index (χ2n) is 4.35. The molecule has 0 saturated heterocycles. The summed E-state index contributed by atoms with van der Waals surface area (Å²) in [5.41, 5.74) is 2.72. The Morgan fingerprint density at radius 2 is 2.21 bits per heavy atom. The molecule has 5 heteroatoms. The predicted octanol–water partition coefficient (Wildman–Crippen LogP) is 3.00. The number of nitrogens with zero attached hydrogens (tertiary/aromatic N) is 2. The summed E-state index contributed by atoms with van der Waals surface area (Å²) in [4.78, 5) is 6.68. The van der Waals surface area contributed by atoms with Crippen LogP contribution in [0.15, 0.2) is 29.3 Å². The Hall–Kier alpha value is -0.430. The highest BCUT2D eigenvalue weighted by Gasteiger charge is 2.21. The summed E-state index contributed by atoms with van der Waals surface area (Å²) in [6.45, 7) is 2.02. The summed E-state index contributed by atoms with van der Waals surface area (Å²) >= 11 is 1.89. The Labute approximate surface area is 137 Å². The number of para-hydroxylation sites is 1. The number of fused-ring (bicyclic) bond motifs is 1. The van der Waals surface area contributed by atoms with Crippen LogP contribution in [0.1, 0.15) is 12.0 Å². The third kappa shape index (κ3) is 4.27. The molecule has 0 unspecified atom stereocenters. The van der Waals surface area contributed by atoms with Gasteiger partial charge in [-0.15, -0.1) is 24.0 Å². The molecule has 2 rings (SSSR count). The van der Waals surface area contributed by atoms with Gasteiger partial charge in [0, 0.05) is 25.8 Å². The van der Waals surface area contributed by atoms with E-state index in [9.17, 15) is 0 Å². The van der Waals surface area contributed by atoms with E-state index in [1.54, 1.807) is 0 Å². The fraction of sp³-hybridized carbons (Fsp3) is 0.500. The summed E-state index contributed by atoms with van der Waals surface area (Å²) in [7, 11) is 1.86. The van der Waals surface area contributed by atoms with Gasteiger partial charge >= 0.3 is 0 Å². The summed E-state index contributed by atoms with van der Waals surface area (Å²) in [5, 5.41) is 3.45. The van der Waals surface area contributed by atoms with Crippen LogP contribution in [-0.2, 0) is 6.42 Å². The lowest BCUT2D eigenvalue weighted by atomic mass is 10.2. The second kappa shape index (κ2) is 8.68. The smallest absolute Gasteiger partial charge is 0.198 e. The van der Waals surface area contributed by atoms with Gasteiger partial charge in [-0.05, 0) is 36.5 Å². The first-order valence-electron chi connectivity index (χ1n) is 6.42. The van der Waals surface area contributed by atoms with Gasteiger partial charge < -0.3 is 10.2 Å². The quantitative estimate of drug-likeness (QED) is 0.370. The van der Waals surface area contributed by atoms with E-state index in [-0.39, 0.29) is 24.0 Å². The van der Waals surface area contributed by atoms with Crippen LogP contribution in [0.2, 0.25) is 0 Å². The number of anilines is 1. The molecule has 0 saturated carbocycles. The molecule has 1 aliphatic rings. The van der Waals surface area contributed by atoms with Crippen LogP contribution in [0, 0.1) is 0 Å². The molecular weight excluding hydrogens is 369 g/mol. The van der Waals surface area contributed by atoms with Crippen molar-refractivity contribution in [3.63, 3.8) is 0 Å². The lowest BCUT2D eigenvalue weighted by Gasteiger charge is -2.22. The molecule has 3 nitrogen and oxygen atoms in total. The number of benzene rings is 1. The van der Waals surface area contributed by atoms with Crippen molar-refractivity contribution in [1.82, 2.24) is 5.32 Å². The van der Waals surface area contributed by atoms with Gasteiger partial charge in [-0.2, -0.15) is 11.8 Å². The Morgan fingerprint density at radius 1 is 1.42 bits per heavy atom. The zero-order valence-electron chi connectivity index (χ0n) is 11.6. The standard InChI is InChI=1S/C14H21N3S.HI/c1-15-14(16-9-5-11-18-2)17-10-8-12-6-3-4-7-13(12)17;/h3-4,6-7H,5,8-11H2,1-2H3,(H,15,16);1H. The van der Waals surface area contributed by atoms with Gasteiger partial charge in [0.05, 0.1) is 0 Å². The molecule has 0 atom stereocenters. The van der Waals surface area contributed by atoms with E-state index in [4.69, 9.17) is 0 Å². The Morgan fingerprint density at radius 3 is 2.95 bits per heavy atom. The minimum absolute atomic E-state index is 0. The number of hydrogen-bond donors (Lipinski definition) is 1. The summed E-state index contributed by atoms with van der Waals surface area (Å²) in [6.07, 6.45) is 4.43. The minimum Gasteiger partial charge on any atom is -0.356 e. The van der Waals surface area contributed by atoms with Crippen LogP contribution in [0.4, 0.5) is 5.69 Å². The minimum atomic E-state index is 0. The van der Waals surface area contributed by atoms with Crippen molar-refractivity contribution < 1.29 is 0 Å². The van der Waals surface area contributed by atoms with Crippen molar-refractivity contribution in [3.05, 3.63) is 29.8 Å². The number of halogens is 1. The molecule has 1 aliphatic heterocycles. The first kappa shape index (κ1) is 16.6. The van der Waals surface area contributed by atoms with Gasteiger partial charge in [0.25, 0.3) is 0 Å². The van der Waals surface area contributed by atoms with E-state index in [2.05, 4.69) is 45.7 Å². The lowest BCUT2D eigenvalue weighted by Crippen LogP contribution is -2.41. The van der Waals surface area contributed by atoms with Crippen molar-refractivity contribution in [2.75, 3.05) is 37.0 Å². The van der Waals surface area contributed by atoms with Crippen LogP contribution in [0.25, 0.3) is 0 Å². The fourth-order valence-corrected chi connectivity index (χ4v) is 2.70. The average Bonchev–Trinajstić information content (AvgIpc) is 2.83. The van der Waals surface area contributed by atoms with E-state index in [0.29, 0.717) is 0 Å². The zero-order chi connectivity index (χ0) is 12.8. The molecule has 0 spiro atoms. The largest absolute Gasteiger partial charge is 0.356 e. The van der Waals surface area contributed by atoms with E-state index < -0.39 is 0 Å². The SMILES string of the molecule is CN=C(NCCCSC)N1CCc2ccccc21.I. The number of thioether (sulfide) groups is 1. The fourth-order valence-electron chi connectivity index (χ4n) is 2.27. The van der Waals surface area contributed by atoms with Crippen LogP contribution in [0.5, 0.6) is 0 Å². The highest BCUT2D eigenvalue weighted by Crippen LogP contribution is 2.27. The third-order valence-corrected chi connectivity index (χ3v) is 3.86. The summed E-state index contributed by atoms with van der Waals surface area (Å²) in [5.74, 6) is 2.20. The van der Waals surface area contributed by atoms with Crippen molar-refractivity contribution in [2.24, 2.45) is 4.99 Å². The number of aliphatic imine (C=N–C) groups is 1. The van der Waals surface area contributed by atoms with Gasteiger partial charge in [0.2, 0.25) is 0 Å². The maximum Gasteiger partial charge on any atom is 0.198 e. The summed E-state index contributed by atoms with van der Waals surface area (Å²) < 4.78 is 0. The maximum atomic E-state index is 4.39. The molecule has 1 aromatic carbocycles. The van der Waals surface area contributed by atoms with Gasteiger partial charge in [-0.25, -0.2) is 0 Å². The second-order valence-corrected chi connectivity index (χ2v) is 5.34. The van der Waals surface area contributed by atoms with Crippen LogP contribution in [0.3, 0.4) is 0 Å². The maximum absolute atomic E-state index is 4.39. The van der Waals surface area contributed by atoms with Crippen molar-refractivity contribution in [2.45, 2.75) is 12.8 Å². The Bertz CT molecular complexity index is 423. The predicted molar refractivity (Wildman–Crippen MR) is 97.3 cm³/mol. The van der Waals surface area contributed by atoms with Crippen molar-refractivity contribution >= 4 is 47.4 Å². The van der Waals surface area contributed by atoms with Crippen molar-refractivity contribution in [1.29, 1.82) is 0 Å². The highest BCUT2D eigenvalue weighted by atomic mass is 127. The lowest BCUT2D eigenvalue weighted by molar-refractivity contribution is 0.823. The molecule has 1 aromatic rings. The molecule has 0 aromatic heterocycles. The molecule has 1 heterocycles. The Balaban J connectivity index is 0.00000180. The highest BCUT2D eigenvalue weighted by molar-refractivity contribution is 14.0. The molecule has 0 amide bonds. The van der Waals surface area contributed by atoms with Gasteiger partial charge in [-0.3, -0.25) is 4.99 Å². The molecule has 0 aliphatic carbocycles. The third-order valence-electron chi connectivity index (χ3n) is 3.16. The molecule has 19 heavy (non-hydrogen) atoms. The summed E-state index contributed by atoms with van der Waals surface area (Å²) in [6, 6.07) is 8.59. The van der Waals surface area contributed by atoms with Gasteiger partial charge in [0.15, 0.2) is 5.96 Å². The van der Waals surface area contributed by atoms with Gasteiger partial charge in [0.1, 0.15) is 0 Å². The Kier molecular flexibility index (Phi) is 7.60. The number of rotatable bonds is 4. The first-order chi connectivity index (χ1) is 8.86. The molecule has 0 fully saturated rings. The number of hydrogen-bond acceptors (Lipinski definition) is 2. The molecular formula is C14H22IN3S. The van der Waals surface area contributed by atoms with Crippen LogP contribution >= 0.6 is 35.7 Å². The zero-order valence-corrected chi connectivity index (χ0v) is 14.7. The molecule has 106 valence electrons. The number of guanidine groups is 1. The van der Waals surface area contributed by atoms with E-state index in [0.717, 1.165) is 25.5 Å². The van der Waals surface area contributed by atoms with E-state index >= 15 is 0 Å². The van der Waals surface area contributed by atoms with E-state index in [1.807, 2.05) is 18.8 Å². The van der Waals surface area contributed by atoms with Crippen LogP contribution in [-0.4, -0.2) is 38.1 Å². The normalized spacial score (nSPS) is 14.0. The molecule has 0 radical (unpaired) electrons. The number of nitrogens with one attached hydrogen (secondary N) is 1. The van der Waals surface area contributed by atoms with E-state index in [1.165, 1.54) is 23.4 Å². The van der Waals surface area contributed by atoms with Gasteiger partial charge in [-0.1, -0.05) is 18.2 Å². The first-order valence-corrected chi connectivity index (χ1v) is 7.81. The molecule has 0 bridgehead atoms. The van der Waals surface area contributed by atoms with Crippen molar-refractivity contribution in [3.8, 4) is 0 Å². The van der Waals surface area contributed by atoms with Crippen LogP contribution < -0.4 is 10.2 Å².